The van der Waals surface area contributed by atoms with Gasteiger partial charge in [0.15, 0.2) is 0 Å². The average molecular weight is 327 g/mol. The third kappa shape index (κ3) is 6.12. The summed E-state index contributed by atoms with van der Waals surface area (Å²) in [6.45, 7) is 0.682. The Balaban J connectivity index is 1.75. The van der Waals surface area contributed by atoms with E-state index in [0.29, 0.717) is 19.4 Å². The topological polar surface area (TPSA) is 68.1 Å². The van der Waals surface area contributed by atoms with E-state index in [0.717, 1.165) is 11.3 Å². The number of benzene rings is 2. The average Bonchev–Trinajstić information content (AvgIpc) is 2.64. The molecule has 24 heavy (non-hydrogen) atoms. The lowest BCUT2D eigenvalue weighted by Gasteiger charge is -2.12. The number of esters is 1. The molecule has 5 heteroatoms. The van der Waals surface area contributed by atoms with Crippen molar-refractivity contribution in [3.8, 4) is 5.75 Å². The molecule has 1 unspecified atom stereocenters. The summed E-state index contributed by atoms with van der Waals surface area (Å²) < 4.78 is 10.9. The van der Waals surface area contributed by atoms with Gasteiger partial charge in [-0.15, -0.1) is 5.16 Å². The van der Waals surface area contributed by atoms with E-state index in [2.05, 4.69) is 5.16 Å². The van der Waals surface area contributed by atoms with Crippen LogP contribution in [0, 0.1) is 5.92 Å². The third-order valence-electron chi connectivity index (χ3n) is 3.44. The summed E-state index contributed by atoms with van der Waals surface area (Å²) in [4.78, 5) is 12.1. The molecule has 2 aromatic carbocycles. The maximum absolute atomic E-state index is 12.1. The van der Waals surface area contributed by atoms with Crippen molar-refractivity contribution in [2.45, 2.75) is 19.4 Å². The van der Waals surface area contributed by atoms with Crippen LogP contribution in [-0.2, 0) is 16.1 Å². The van der Waals surface area contributed by atoms with Crippen LogP contribution in [0.4, 0.5) is 0 Å². The van der Waals surface area contributed by atoms with E-state index in [4.69, 9.17) is 14.7 Å². The van der Waals surface area contributed by atoms with Crippen LogP contribution in [-0.4, -0.2) is 24.0 Å². The van der Waals surface area contributed by atoms with Gasteiger partial charge in [0.1, 0.15) is 12.4 Å². The second-order valence-corrected chi connectivity index (χ2v) is 5.27. The molecular weight excluding hydrogens is 306 g/mol. The predicted molar refractivity (Wildman–Crippen MR) is 91.2 cm³/mol. The molecule has 0 amide bonds. The molecule has 1 atom stereocenters. The number of hydrogen-bond acceptors (Lipinski definition) is 5. The normalized spacial score (nSPS) is 12.0. The molecule has 0 aliphatic heterocycles. The lowest BCUT2D eigenvalue weighted by atomic mass is 10.1. The van der Waals surface area contributed by atoms with Crippen LogP contribution < -0.4 is 4.74 Å². The highest BCUT2D eigenvalue weighted by molar-refractivity contribution is 5.89. The fraction of sp³-hybridized carbons (Fsp3) is 0.263. The van der Waals surface area contributed by atoms with Gasteiger partial charge in [0.05, 0.1) is 18.7 Å². The van der Waals surface area contributed by atoms with Crippen molar-refractivity contribution >= 4 is 12.2 Å². The maximum atomic E-state index is 12.1. The Morgan fingerprint density at radius 2 is 1.75 bits per heavy atom. The van der Waals surface area contributed by atoms with Gasteiger partial charge in [-0.1, -0.05) is 48.5 Å². The number of ether oxygens (including phenoxy) is 2. The molecular formula is C19H21NO4. The fourth-order valence-electron chi connectivity index (χ4n) is 2.18. The van der Waals surface area contributed by atoms with Crippen molar-refractivity contribution in [2.75, 3.05) is 6.61 Å². The molecule has 0 aliphatic rings. The minimum atomic E-state index is -0.585. The first-order valence-electron chi connectivity index (χ1n) is 7.85. The molecule has 0 bridgehead atoms. The molecule has 0 radical (unpaired) electrons. The summed E-state index contributed by atoms with van der Waals surface area (Å²) in [5.41, 5.74) is 0.915. The molecule has 0 heterocycles. The highest BCUT2D eigenvalue weighted by Crippen LogP contribution is 2.12. The van der Waals surface area contributed by atoms with Crippen LogP contribution in [0.25, 0.3) is 0 Å². The number of para-hydroxylation sites is 1. The monoisotopic (exact) mass is 327 g/mol. The van der Waals surface area contributed by atoms with Gasteiger partial charge in [0, 0.05) is 0 Å². The van der Waals surface area contributed by atoms with Gasteiger partial charge in [-0.25, -0.2) is 0 Å². The predicted octanol–water partition coefficient (Wildman–Crippen LogP) is 3.67. The fourth-order valence-corrected chi connectivity index (χ4v) is 2.18. The Hall–Kier alpha value is -2.82. The number of nitrogens with zero attached hydrogens (tertiary/aromatic N) is 1. The maximum Gasteiger partial charge on any atom is 0.314 e. The Morgan fingerprint density at radius 1 is 1.08 bits per heavy atom. The van der Waals surface area contributed by atoms with Crippen molar-refractivity contribution in [3.63, 3.8) is 0 Å². The summed E-state index contributed by atoms with van der Waals surface area (Å²) >= 11 is 0. The molecule has 0 spiro atoms. The lowest BCUT2D eigenvalue weighted by Crippen LogP contribution is -2.20. The Kier molecular flexibility index (Phi) is 7.34. The van der Waals surface area contributed by atoms with Crippen LogP contribution in [0.5, 0.6) is 5.75 Å². The zero-order chi connectivity index (χ0) is 17.0. The largest absolute Gasteiger partial charge is 0.494 e. The minimum Gasteiger partial charge on any atom is -0.494 e. The van der Waals surface area contributed by atoms with Crippen molar-refractivity contribution in [1.82, 2.24) is 0 Å². The van der Waals surface area contributed by atoms with E-state index in [1.165, 1.54) is 6.21 Å². The quantitative estimate of drug-likeness (QED) is 0.251. The molecule has 126 valence electrons. The van der Waals surface area contributed by atoms with E-state index in [1.54, 1.807) is 0 Å². The van der Waals surface area contributed by atoms with Gasteiger partial charge in [-0.3, -0.25) is 4.79 Å². The van der Waals surface area contributed by atoms with Gasteiger partial charge in [-0.05, 0) is 30.5 Å². The first kappa shape index (κ1) is 17.5. The second kappa shape index (κ2) is 10.0. The number of carbonyl (C=O) groups excluding carboxylic acids is 1. The molecule has 0 fully saturated rings. The van der Waals surface area contributed by atoms with Crippen molar-refractivity contribution < 1.29 is 19.5 Å². The molecule has 0 aromatic heterocycles. The van der Waals surface area contributed by atoms with Crippen LogP contribution in [0.2, 0.25) is 0 Å². The minimum absolute atomic E-state index is 0.204. The van der Waals surface area contributed by atoms with Crippen LogP contribution in [0.1, 0.15) is 18.4 Å². The molecule has 2 aromatic rings. The highest BCUT2D eigenvalue weighted by Gasteiger charge is 2.18. The van der Waals surface area contributed by atoms with E-state index < -0.39 is 11.9 Å². The second-order valence-electron chi connectivity index (χ2n) is 5.27. The lowest BCUT2D eigenvalue weighted by molar-refractivity contribution is -0.147. The summed E-state index contributed by atoms with van der Waals surface area (Å²) in [6.07, 6.45) is 2.34. The zero-order valence-electron chi connectivity index (χ0n) is 13.4. The molecule has 1 N–H and O–H groups in total. The summed E-state index contributed by atoms with van der Waals surface area (Å²) in [5, 5.41) is 11.7. The van der Waals surface area contributed by atoms with E-state index in [1.807, 2.05) is 60.7 Å². The van der Waals surface area contributed by atoms with Gasteiger partial charge in [-0.2, -0.15) is 0 Å². The van der Waals surface area contributed by atoms with Crippen LogP contribution >= 0.6 is 0 Å². The van der Waals surface area contributed by atoms with Gasteiger partial charge >= 0.3 is 5.97 Å². The highest BCUT2D eigenvalue weighted by atomic mass is 16.5. The van der Waals surface area contributed by atoms with Gasteiger partial charge in [0.25, 0.3) is 0 Å². The number of oxime groups is 1. The Bertz CT molecular complexity index is 628. The van der Waals surface area contributed by atoms with Crippen molar-refractivity contribution in [1.29, 1.82) is 0 Å². The van der Waals surface area contributed by atoms with Crippen LogP contribution in [0.3, 0.4) is 0 Å². The summed E-state index contributed by atoms with van der Waals surface area (Å²) in [7, 11) is 0. The standard InChI is InChI=1S/C19H21NO4/c21-19(24-15-16-8-3-1-4-9-16)17(14-20-22)10-7-13-23-18-11-5-2-6-12-18/h1-6,8-9,11-12,14,17,22H,7,10,13,15H2/b20-14-. The van der Waals surface area contributed by atoms with Gasteiger partial charge < -0.3 is 14.7 Å². The zero-order valence-corrected chi connectivity index (χ0v) is 13.4. The first-order valence-corrected chi connectivity index (χ1v) is 7.85. The Labute approximate surface area is 141 Å². The summed E-state index contributed by atoms with van der Waals surface area (Å²) in [5.74, 6) is -0.203. The smallest absolute Gasteiger partial charge is 0.314 e. The molecule has 0 saturated carbocycles. The van der Waals surface area contributed by atoms with Crippen molar-refractivity contribution in [3.05, 3.63) is 66.2 Å². The van der Waals surface area contributed by atoms with E-state index >= 15 is 0 Å². The number of carbonyl (C=O) groups is 1. The van der Waals surface area contributed by atoms with E-state index in [9.17, 15) is 4.79 Å². The Morgan fingerprint density at radius 3 is 2.42 bits per heavy atom. The van der Waals surface area contributed by atoms with Gasteiger partial charge in [0.2, 0.25) is 0 Å². The molecule has 5 nitrogen and oxygen atoms in total. The third-order valence-corrected chi connectivity index (χ3v) is 3.44. The van der Waals surface area contributed by atoms with Crippen LogP contribution in [0.15, 0.2) is 65.8 Å². The first-order chi connectivity index (χ1) is 11.8. The summed E-state index contributed by atoms with van der Waals surface area (Å²) in [6, 6.07) is 18.9. The number of rotatable bonds is 9. The molecule has 2 rings (SSSR count). The van der Waals surface area contributed by atoms with Crippen molar-refractivity contribution in [2.24, 2.45) is 11.1 Å². The molecule has 0 saturated heterocycles. The SMILES string of the molecule is O=C(OCc1ccccc1)C(/C=N\O)CCCOc1ccccc1. The number of hydrogen-bond donors (Lipinski definition) is 1. The molecule has 0 aliphatic carbocycles. The van der Waals surface area contributed by atoms with E-state index in [-0.39, 0.29) is 6.61 Å².